The maximum Gasteiger partial charge on any atom is 0.336 e. The molecule has 7 heteroatoms. The van der Waals surface area contributed by atoms with Gasteiger partial charge in [0.05, 0.1) is 26.9 Å². The summed E-state index contributed by atoms with van der Waals surface area (Å²) in [5, 5.41) is 3.97. The highest BCUT2D eigenvalue weighted by molar-refractivity contribution is 6.31. The molecule has 0 amide bonds. The van der Waals surface area contributed by atoms with Crippen LogP contribution in [0.3, 0.4) is 0 Å². The van der Waals surface area contributed by atoms with Gasteiger partial charge in [0.1, 0.15) is 0 Å². The summed E-state index contributed by atoms with van der Waals surface area (Å²) in [7, 11) is 4.46. The van der Waals surface area contributed by atoms with Crippen molar-refractivity contribution < 1.29 is 23.8 Å². The van der Waals surface area contributed by atoms with Crippen molar-refractivity contribution in [3.05, 3.63) is 81.2 Å². The van der Waals surface area contributed by atoms with Crippen molar-refractivity contribution in [2.24, 2.45) is 0 Å². The minimum Gasteiger partial charge on any atom is -0.493 e. The molecule has 33 heavy (non-hydrogen) atoms. The molecule has 2 atom stereocenters. The second-order valence-corrected chi connectivity index (χ2v) is 8.55. The maximum absolute atomic E-state index is 13.6. The predicted octanol–water partition coefficient (Wildman–Crippen LogP) is 4.89. The number of hydrogen-bond donors (Lipinski definition) is 1. The van der Waals surface area contributed by atoms with E-state index < -0.39 is 11.9 Å². The average Bonchev–Trinajstić information content (AvgIpc) is 2.82. The standard InChI is InChI=1S/C26H26ClNO5/c1-14-23(26(30)33-4)24(15-9-10-21(31-2)22(13-15)32-3)25-19(28-14)11-16(12-20(25)29)17-7-5-6-8-18(17)27/h5-10,13,16,24,28H,11-12H2,1-4H3. The zero-order chi connectivity index (χ0) is 23.7. The molecule has 1 N–H and O–H groups in total. The Morgan fingerprint density at radius 3 is 2.42 bits per heavy atom. The van der Waals surface area contributed by atoms with Crippen molar-refractivity contribution in [2.45, 2.75) is 31.6 Å². The van der Waals surface area contributed by atoms with Gasteiger partial charge in [0.25, 0.3) is 0 Å². The Kier molecular flexibility index (Phi) is 6.47. The lowest BCUT2D eigenvalue weighted by molar-refractivity contribution is -0.136. The van der Waals surface area contributed by atoms with Crippen LogP contribution in [-0.4, -0.2) is 33.1 Å². The summed E-state index contributed by atoms with van der Waals surface area (Å²) in [6, 6.07) is 13.0. The number of benzene rings is 2. The van der Waals surface area contributed by atoms with Crippen LogP contribution in [-0.2, 0) is 14.3 Å². The minimum absolute atomic E-state index is 0.0256. The Balaban J connectivity index is 1.84. The third kappa shape index (κ3) is 4.11. The number of esters is 1. The quantitative estimate of drug-likeness (QED) is 0.631. The fraction of sp³-hybridized carbons (Fsp3) is 0.308. The Bertz CT molecular complexity index is 1180. The highest BCUT2D eigenvalue weighted by Gasteiger charge is 2.41. The summed E-state index contributed by atoms with van der Waals surface area (Å²) >= 11 is 6.44. The number of Topliss-reactive ketones (excluding diaryl/α,β-unsaturated/α-hetero) is 1. The summed E-state index contributed by atoms with van der Waals surface area (Å²) < 4.78 is 15.9. The van der Waals surface area contributed by atoms with E-state index in [-0.39, 0.29) is 11.7 Å². The number of rotatable bonds is 5. The van der Waals surface area contributed by atoms with Crippen LogP contribution < -0.4 is 14.8 Å². The van der Waals surface area contributed by atoms with E-state index in [1.54, 1.807) is 20.3 Å². The number of ketones is 1. The Morgan fingerprint density at radius 1 is 1.03 bits per heavy atom. The average molecular weight is 468 g/mol. The van der Waals surface area contributed by atoms with E-state index in [1.807, 2.05) is 43.3 Å². The van der Waals surface area contributed by atoms with Gasteiger partial charge in [-0.2, -0.15) is 0 Å². The largest absolute Gasteiger partial charge is 0.493 e. The number of dihydropyridines is 1. The van der Waals surface area contributed by atoms with Crippen molar-refractivity contribution in [3.63, 3.8) is 0 Å². The molecule has 2 aromatic carbocycles. The molecule has 6 nitrogen and oxygen atoms in total. The second kappa shape index (κ2) is 9.32. The molecule has 0 spiro atoms. The highest BCUT2D eigenvalue weighted by atomic mass is 35.5. The molecule has 0 saturated heterocycles. The molecule has 0 saturated carbocycles. The lowest BCUT2D eigenvalue weighted by Crippen LogP contribution is -2.36. The van der Waals surface area contributed by atoms with Gasteiger partial charge in [-0.05, 0) is 48.6 Å². The molecule has 4 rings (SSSR count). The van der Waals surface area contributed by atoms with Crippen LogP contribution in [0, 0.1) is 0 Å². The first-order valence-corrected chi connectivity index (χ1v) is 11.1. The van der Waals surface area contributed by atoms with Crippen LogP contribution in [0.4, 0.5) is 0 Å². The van der Waals surface area contributed by atoms with Crippen LogP contribution in [0.2, 0.25) is 5.02 Å². The van der Waals surface area contributed by atoms with Crippen molar-refractivity contribution in [3.8, 4) is 11.5 Å². The molecule has 1 heterocycles. The van der Waals surface area contributed by atoms with Gasteiger partial charge in [-0.15, -0.1) is 0 Å². The minimum atomic E-state index is -0.576. The normalized spacial score (nSPS) is 20.2. The van der Waals surface area contributed by atoms with Crippen LogP contribution in [0.15, 0.2) is 65.0 Å². The van der Waals surface area contributed by atoms with Gasteiger partial charge in [0, 0.05) is 34.3 Å². The van der Waals surface area contributed by atoms with Crippen molar-refractivity contribution in [1.29, 1.82) is 0 Å². The number of halogens is 1. The summed E-state index contributed by atoms with van der Waals surface area (Å²) in [5.74, 6) is -0.0351. The first kappa shape index (κ1) is 22.9. The van der Waals surface area contributed by atoms with E-state index >= 15 is 0 Å². The van der Waals surface area contributed by atoms with E-state index in [9.17, 15) is 9.59 Å². The van der Waals surface area contributed by atoms with Gasteiger partial charge in [-0.1, -0.05) is 35.9 Å². The van der Waals surface area contributed by atoms with Crippen LogP contribution in [0.25, 0.3) is 0 Å². The maximum atomic E-state index is 13.6. The van der Waals surface area contributed by atoms with Gasteiger partial charge >= 0.3 is 5.97 Å². The topological polar surface area (TPSA) is 73.9 Å². The number of methoxy groups -OCH3 is 3. The molecular weight excluding hydrogens is 442 g/mol. The molecule has 0 radical (unpaired) electrons. The Morgan fingerprint density at radius 2 is 1.76 bits per heavy atom. The van der Waals surface area contributed by atoms with Gasteiger partial charge in [-0.3, -0.25) is 4.79 Å². The Labute approximate surface area is 198 Å². The predicted molar refractivity (Wildman–Crippen MR) is 126 cm³/mol. The number of ether oxygens (including phenoxy) is 3. The smallest absolute Gasteiger partial charge is 0.336 e. The summed E-state index contributed by atoms with van der Waals surface area (Å²) in [6.07, 6.45) is 0.919. The fourth-order valence-corrected chi connectivity index (χ4v) is 5.10. The SMILES string of the molecule is COC(=O)C1=C(C)NC2=C(C(=O)CC(c3ccccc3Cl)C2)C1c1ccc(OC)c(OC)c1. The van der Waals surface area contributed by atoms with Crippen LogP contribution in [0.1, 0.15) is 42.7 Å². The number of nitrogens with one attached hydrogen (secondary N) is 1. The zero-order valence-corrected chi connectivity index (χ0v) is 19.8. The monoisotopic (exact) mass is 467 g/mol. The summed E-state index contributed by atoms with van der Waals surface area (Å²) in [6.45, 7) is 1.83. The van der Waals surface area contributed by atoms with Crippen LogP contribution in [0.5, 0.6) is 11.5 Å². The van der Waals surface area contributed by atoms with Gasteiger partial charge in [0.2, 0.25) is 0 Å². The second-order valence-electron chi connectivity index (χ2n) is 8.14. The Hall–Kier alpha value is -3.25. The molecule has 172 valence electrons. The van der Waals surface area contributed by atoms with E-state index in [4.69, 9.17) is 25.8 Å². The molecule has 0 fully saturated rings. The van der Waals surface area contributed by atoms with Gasteiger partial charge in [0.15, 0.2) is 17.3 Å². The molecular formula is C26H26ClNO5. The van der Waals surface area contributed by atoms with E-state index in [1.165, 1.54) is 7.11 Å². The number of allylic oxidation sites excluding steroid dienone is 3. The van der Waals surface area contributed by atoms with E-state index in [0.29, 0.717) is 46.2 Å². The highest BCUT2D eigenvalue weighted by Crippen LogP contribution is 2.47. The fourth-order valence-electron chi connectivity index (χ4n) is 4.81. The molecule has 1 aliphatic carbocycles. The number of carbonyl (C=O) groups excluding carboxylic acids is 2. The molecule has 1 aliphatic heterocycles. The van der Waals surface area contributed by atoms with Gasteiger partial charge < -0.3 is 19.5 Å². The molecule has 0 aromatic heterocycles. The van der Waals surface area contributed by atoms with Crippen molar-refractivity contribution in [2.75, 3.05) is 21.3 Å². The molecule has 2 aromatic rings. The lowest BCUT2D eigenvalue weighted by atomic mass is 9.71. The first-order valence-electron chi connectivity index (χ1n) is 10.7. The third-order valence-corrected chi connectivity index (χ3v) is 6.66. The van der Waals surface area contributed by atoms with Gasteiger partial charge in [-0.25, -0.2) is 4.79 Å². The third-order valence-electron chi connectivity index (χ3n) is 6.32. The van der Waals surface area contributed by atoms with Crippen molar-refractivity contribution in [1.82, 2.24) is 5.32 Å². The van der Waals surface area contributed by atoms with E-state index in [2.05, 4.69) is 5.32 Å². The zero-order valence-electron chi connectivity index (χ0n) is 19.0. The number of hydrogen-bond acceptors (Lipinski definition) is 6. The molecule has 2 unspecified atom stereocenters. The summed E-state index contributed by atoms with van der Waals surface area (Å²) in [5.41, 5.74) is 4.16. The van der Waals surface area contributed by atoms with Crippen LogP contribution >= 0.6 is 11.6 Å². The lowest BCUT2D eigenvalue weighted by Gasteiger charge is -2.36. The number of carbonyl (C=O) groups is 2. The first-order chi connectivity index (χ1) is 15.9. The molecule has 2 aliphatic rings. The molecule has 0 bridgehead atoms. The van der Waals surface area contributed by atoms with E-state index in [0.717, 1.165) is 16.8 Å². The summed E-state index contributed by atoms with van der Waals surface area (Å²) in [4.78, 5) is 26.4. The van der Waals surface area contributed by atoms with Crippen molar-refractivity contribution >= 4 is 23.4 Å².